The maximum Gasteiger partial charge on any atom is 0.250 e. The van der Waals surface area contributed by atoms with Gasteiger partial charge in [0.15, 0.2) is 0 Å². The maximum atomic E-state index is 13.3. The fourth-order valence-corrected chi connectivity index (χ4v) is 3.49. The monoisotopic (exact) mass is 355 g/mol. The highest BCUT2D eigenvalue weighted by Crippen LogP contribution is 2.37. The third kappa shape index (κ3) is 4.84. The average Bonchev–Trinajstić information content (AvgIpc) is 2.60. The molecular formula is C17H23F2N3O3. The Hall–Kier alpha value is -1.83. The lowest BCUT2D eigenvalue weighted by Crippen LogP contribution is -2.48. The van der Waals surface area contributed by atoms with Gasteiger partial charge in [-0.2, -0.15) is 0 Å². The van der Waals surface area contributed by atoms with Crippen LogP contribution < -0.4 is 5.56 Å². The smallest absolute Gasteiger partial charge is 0.250 e. The summed E-state index contributed by atoms with van der Waals surface area (Å²) in [5, 5.41) is 0. The molecule has 2 aliphatic rings. The van der Waals surface area contributed by atoms with Crippen LogP contribution in [0.5, 0.6) is 0 Å². The molecule has 1 aliphatic carbocycles. The highest BCUT2D eigenvalue weighted by molar-refractivity contribution is 5.79. The van der Waals surface area contributed by atoms with E-state index in [0.29, 0.717) is 38.2 Å². The number of aromatic nitrogens is 2. The van der Waals surface area contributed by atoms with E-state index in [0.717, 1.165) is 0 Å². The van der Waals surface area contributed by atoms with Crippen molar-refractivity contribution in [2.75, 3.05) is 19.7 Å². The minimum atomic E-state index is -2.62. The van der Waals surface area contributed by atoms with E-state index in [1.54, 1.807) is 4.90 Å². The fourth-order valence-electron chi connectivity index (χ4n) is 3.49. The van der Waals surface area contributed by atoms with Crippen molar-refractivity contribution >= 4 is 5.91 Å². The molecule has 1 unspecified atom stereocenters. The molecule has 1 atom stereocenters. The number of morpholine rings is 1. The van der Waals surface area contributed by atoms with Crippen LogP contribution in [-0.4, -0.2) is 52.5 Å². The molecule has 2 fully saturated rings. The number of amides is 1. The van der Waals surface area contributed by atoms with Crippen LogP contribution in [0.15, 0.2) is 17.2 Å². The molecule has 1 aliphatic heterocycles. The lowest BCUT2D eigenvalue weighted by atomic mass is 9.85. The Bertz CT molecular complexity index is 655. The minimum Gasteiger partial charge on any atom is -0.375 e. The van der Waals surface area contributed by atoms with Crippen molar-refractivity contribution in [3.8, 4) is 0 Å². The Morgan fingerprint density at radius 2 is 2.16 bits per heavy atom. The van der Waals surface area contributed by atoms with Crippen LogP contribution in [-0.2, 0) is 16.0 Å². The first-order valence-corrected chi connectivity index (χ1v) is 8.75. The van der Waals surface area contributed by atoms with Gasteiger partial charge in [0.05, 0.1) is 19.0 Å². The number of hydrogen-bond acceptors (Lipinski definition) is 4. The summed E-state index contributed by atoms with van der Waals surface area (Å²) in [5.74, 6) is -2.95. The van der Waals surface area contributed by atoms with E-state index in [1.165, 1.54) is 12.4 Å². The lowest BCUT2D eigenvalue weighted by Gasteiger charge is -2.37. The molecule has 25 heavy (non-hydrogen) atoms. The zero-order valence-corrected chi connectivity index (χ0v) is 14.0. The minimum absolute atomic E-state index is 0.0296. The van der Waals surface area contributed by atoms with Crippen LogP contribution in [0.4, 0.5) is 8.78 Å². The Kier molecular flexibility index (Phi) is 5.46. The predicted molar refractivity (Wildman–Crippen MR) is 86.4 cm³/mol. The van der Waals surface area contributed by atoms with Crippen LogP contribution in [0.2, 0.25) is 0 Å². The third-order valence-electron chi connectivity index (χ3n) is 4.97. The van der Waals surface area contributed by atoms with Crippen LogP contribution in [0.25, 0.3) is 0 Å². The highest BCUT2D eigenvalue weighted by atomic mass is 19.3. The van der Waals surface area contributed by atoms with Crippen molar-refractivity contribution in [2.45, 2.75) is 50.6 Å². The Morgan fingerprint density at radius 1 is 1.40 bits per heavy atom. The number of halogens is 2. The molecule has 1 N–H and O–H groups in total. The Labute approximate surface area is 144 Å². The van der Waals surface area contributed by atoms with Crippen molar-refractivity contribution in [1.29, 1.82) is 0 Å². The van der Waals surface area contributed by atoms with Crippen LogP contribution >= 0.6 is 0 Å². The molecule has 1 aromatic rings. The number of carbonyl (C=O) groups is 1. The molecule has 0 radical (unpaired) electrons. The Morgan fingerprint density at radius 3 is 2.88 bits per heavy atom. The number of nitrogens with zero attached hydrogens (tertiary/aromatic N) is 2. The number of H-pyrrole nitrogens is 1. The number of hydrogen-bond donors (Lipinski definition) is 1. The van der Waals surface area contributed by atoms with Gasteiger partial charge in [-0.3, -0.25) is 9.59 Å². The summed E-state index contributed by atoms with van der Waals surface area (Å²) in [6.45, 7) is 1.42. The summed E-state index contributed by atoms with van der Waals surface area (Å²) in [7, 11) is 0. The molecule has 0 bridgehead atoms. The van der Waals surface area contributed by atoms with Crippen LogP contribution in [0.3, 0.4) is 0 Å². The summed E-state index contributed by atoms with van der Waals surface area (Å²) in [6, 6.07) is 1.45. The van der Waals surface area contributed by atoms with Gasteiger partial charge in [0.25, 0.3) is 5.56 Å². The normalized spacial score (nSPS) is 24.2. The van der Waals surface area contributed by atoms with E-state index in [4.69, 9.17) is 4.74 Å². The SMILES string of the molecule is O=C(C1CCC(F)(F)CC1)N1CCOC(CCc2cc(=O)[nH]cn2)C1. The van der Waals surface area contributed by atoms with E-state index in [9.17, 15) is 18.4 Å². The van der Waals surface area contributed by atoms with Crippen molar-refractivity contribution in [3.05, 3.63) is 28.4 Å². The molecular weight excluding hydrogens is 332 g/mol. The van der Waals surface area contributed by atoms with Gasteiger partial charge in [-0.05, 0) is 25.7 Å². The lowest BCUT2D eigenvalue weighted by molar-refractivity contribution is -0.147. The standard InChI is InChI=1S/C17H23F2N3O3/c18-17(19)5-3-12(4-6-17)16(24)22-7-8-25-14(10-22)2-1-13-9-15(23)21-11-20-13/h9,11-12,14H,1-8,10H2,(H,20,21,23). The molecule has 8 heteroatoms. The maximum absolute atomic E-state index is 13.3. The number of aryl methyl sites for hydroxylation is 1. The molecule has 3 rings (SSSR count). The van der Waals surface area contributed by atoms with Crippen LogP contribution in [0, 0.1) is 5.92 Å². The van der Waals surface area contributed by atoms with E-state index < -0.39 is 5.92 Å². The van der Waals surface area contributed by atoms with Gasteiger partial charge >= 0.3 is 0 Å². The first-order chi connectivity index (χ1) is 11.9. The van der Waals surface area contributed by atoms with Gasteiger partial charge in [-0.15, -0.1) is 0 Å². The topological polar surface area (TPSA) is 75.3 Å². The number of ether oxygens (including phenoxy) is 1. The molecule has 6 nitrogen and oxygen atoms in total. The number of aromatic amines is 1. The first-order valence-electron chi connectivity index (χ1n) is 8.75. The summed E-state index contributed by atoms with van der Waals surface area (Å²) in [5.41, 5.74) is 0.491. The molecule has 2 heterocycles. The molecule has 1 saturated carbocycles. The molecule has 0 spiro atoms. The van der Waals surface area contributed by atoms with Gasteiger partial charge in [0, 0.05) is 43.6 Å². The second kappa shape index (κ2) is 7.59. The third-order valence-corrected chi connectivity index (χ3v) is 4.97. The van der Waals surface area contributed by atoms with Gasteiger partial charge in [0.1, 0.15) is 0 Å². The Balaban J connectivity index is 1.50. The summed E-state index contributed by atoms with van der Waals surface area (Å²) in [4.78, 5) is 32.2. The van der Waals surface area contributed by atoms with Crippen molar-refractivity contribution in [1.82, 2.24) is 14.9 Å². The zero-order chi connectivity index (χ0) is 17.9. The second-order valence-corrected chi connectivity index (χ2v) is 6.85. The van der Waals surface area contributed by atoms with Gasteiger partial charge in [-0.1, -0.05) is 0 Å². The number of alkyl halides is 2. The molecule has 0 aromatic carbocycles. The second-order valence-electron chi connectivity index (χ2n) is 6.85. The summed E-state index contributed by atoms with van der Waals surface area (Å²) >= 11 is 0. The van der Waals surface area contributed by atoms with Gasteiger partial charge < -0.3 is 14.6 Å². The number of carbonyl (C=O) groups excluding carboxylic acids is 1. The highest BCUT2D eigenvalue weighted by Gasteiger charge is 2.39. The number of nitrogens with one attached hydrogen (secondary N) is 1. The predicted octanol–water partition coefficient (Wildman–Crippen LogP) is 1.76. The molecule has 1 amide bonds. The van der Waals surface area contributed by atoms with Crippen molar-refractivity contribution in [3.63, 3.8) is 0 Å². The molecule has 1 aromatic heterocycles. The summed E-state index contributed by atoms with van der Waals surface area (Å²) < 4.78 is 32.2. The number of rotatable bonds is 4. The quantitative estimate of drug-likeness (QED) is 0.893. The average molecular weight is 355 g/mol. The van der Waals surface area contributed by atoms with Crippen molar-refractivity contribution in [2.24, 2.45) is 5.92 Å². The van der Waals surface area contributed by atoms with E-state index in [1.807, 2.05) is 0 Å². The molecule has 138 valence electrons. The summed E-state index contributed by atoms with van der Waals surface area (Å²) in [6.07, 6.45) is 2.60. The van der Waals surface area contributed by atoms with Crippen LogP contribution in [0.1, 0.15) is 37.8 Å². The van der Waals surface area contributed by atoms with E-state index >= 15 is 0 Å². The largest absolute Gasteiger partial charge is 0.375 e. The zero-order valence-electron chi connectivity index (χ0n) is 14.0. The van der Waals surface area contributed by atoms with E-state index in [2.05, 4.69) is 9.97 Å². The van der Waals surface area contributed by atoms with E-state index in [-0.39, 0.29) is 49.2 Å². The van der Waals surface area contributed by atoms with Crippen molar-refractivity contribution < 1.29 is 18.3 Å². The van der Waals surface area contributed by atoms with Gasteiger partial charge in [-0.25, -0.2) is 13.8 Å². The fraction of sp³-hybridized carbons (Fsp3) is 0.706. The first kappa shape index (κ1) is 18.0. The molecule has 1 saturated heterocycles. The van der Waals surface area contributed by atoms with Gasteiger partial charge in [0.2, 0.25) is 11.8 Å².